The topological polar surface area (TPSA) is 67.3 Å². The van der Waals surface area contributed by atoms with Crippen molar-refractivity contribution in [2.24, 2.45) is 5.92 Å². The number of nitrogens with zero attached hydrogens (tertiary/aromatic N) is 2. The number of morpholine rings is 1. The molecule has 1 aliphatic rings. The smallest absolute Gasteiger partial charge is 0.374 e. The van der Waals surface area contributed by atoms with E-state index < -0.39 is 24.2 Å². The molecule has 0 radical (unpaired) electrons. The third kappa shape index (κ3) is 4.19. The molecule has 1 aromatic rings. The zero-order chi connectivity index (χ0) is 18.1. The van der Waals surface area contributed by atoms with Crippen molar-refractivity contribution in [2.45, 2.75) is 52.1 Å². The van der Waals surface area contributed by atoms with E-state index in [4.69, 9.17) is 4.74 Å². The molecule has 1 aromatic heterocycles. The van der Waals surface area contributed by atoms with Gasteiger partial charge >= 0.3 is 6.18 Å². The van der Waals surface area contributed by atoms with Crippen LogP contribution >= 0.6 is 0 Å². The zero-order valence-electron chi connectivity index (χ0n) is 13.9. The number of halogens is 3. The van der Waals surface area contributed by atoms with Crippen molar-refractivity contribution in [3.05, 3.63) is 22.1 Å². The van der Waals surface area contributed by atoms with Gasteiger partial charge in [-0.05, 0) is 12.8 Å². The summed E-state index contributed by atoms with van der Waals surface area (Å²) in [5, 5.41) is 2.79. The Bertz CT molecular complexity index is 636. The van der Waals surface area contributed by atoms with E-state index in [0.29, 0.717) is 12.2 Å². The molecule has 0 spiro atoms. The van der Waals surface area contributed by atoms with Crippen molar-refractivity contribution in [1.29, 1.82) is 0 Å². The van der Waals surface area contributed by atoms with Crippen LogP contribution in [0.15, 0.2) is 10.9 Å². The van der Waals surface area contributed by atoms with E-state index in [9.17, 15) is 22.8 Å². The van der Waals surface area contributed by atoms with E-state index in [1.165, 1.54) is 17.7 Å². The van der Waals surface area contributed by atoms with Crippen LogP contribution in [0.1, 0.15) is 26.5 Å². The lowest BCUT2D eigenvalue weighted by molar-refractivity contribution is -0.229. The van der Waals surface area contributed by atoms with Crippen molar-refractivity contribution in [3.63, 3.8) is 0 Å². The SMILES string of the molecule is CC(C)Cn1[nH]c(CC(=O)N2CCO[C@@H](C)[C@H]2C(F)(F)F)cc1=O. The highest BCUT2D eigenvalue weighted by atomic mass is 19.4. The van der Waals surface area contributed by atoms with Crippen LogP contribution in [0.5, 0.6) is 0 Å². The van der Waals surface area contributed by atoms with Gasteiger partial charge in [0.2, 0.25) is 5.91 Å². The van der Waals surface area contributed by atoms with Crippen LogP contribution in [0.3, 0.4) is 0 Å². The molecule has 0 bridgehead atoms. The summed E-state index contributed by atoms with van der Waals surface area (Å²) in [6.45, 7) is 5.56. The molecular weight excluding hydrogens is 327 g/mol. The first-order valence-electron chi connectivity index (χ1n) is 7.86. The van der Waals surface area contributed by atoms with Crippen LogP contribution in [-0.2, 0) is 22.5 Å². The van der Waals surface area contributed by atoms with Crippen LogP contribution in [0, 0.1) is 5.92 Å². The lowest BCUT2D eigenvalue weighted by atomic mass is 10.1. The van der Waals surface area contributed by atoms with Crippen LogP contribution in [-0.4, -0.2) is 52.1 Å². The van der Waals surface area contributed by atoms with Gasteiger partial charge in [0, 0.05) is 24.8 Å². The van der Waals surface area contributed by atoms with E-state index in [1.54, 1.807) is 0 Å². The quantitative estimate of drug-likeness (QED) is 0.897. The molecule has 9 heteroatoms. The highest BCUT2D eigenvalue weighted by Crippen LogP contribution is 2.31. The highest BCUT2D eigenvalue weighted by molar-refractivity contribution is 5.79. The van der Waals surface area contributed by atoms with Gasteiger partial charge in [-0.1, -0.05) is 13.8 Å². The number of hydrogen-bond acceptors (Lipinski definition) is 3. The number of H-pyrrole nitrogens is 1. The maximum absolute atomic E-state index is 13.2. The second kappa shape index (κ2) is 7.00. The van der Waals surface area contributed by atoms with Crippen LogP contribution in [0.4, 0.5) is 13.2 Å². The second-order valence-electron chi connectivity index (χ2n) is 6.45. The average Bonchev–Trinajstić information content (AvgIpc) is 2.76. The minimum atomic E-state index is -4.56. The number of hydrogen-bond donors (Lipinski definition) is 1. The molecule has 0 aromatic carbocycles. The molecular formula is C15H22F3N3O3. The van der Waals surface area contributed by atoms with E-state index in [-0.39, 0.29) is 31.0 Å². The van der Waals surface area contributed by atoms with Gasteiger partial charge in [-0.3, -0.25) is 19.4 Å². The van der Waals surface area contributed by atoms with Gasteiger partial charge in [0.1, 0.15) is 0 Å². The lowest BCUT2D eigenvalue weighted by Crippen LogP contribution is -2.59. The number of nitrogens with one attached hydrogen (secondary N) is 1. The minimum absolute atomic E-state index is 0.0599. The number of amides is 1. The normalized spacial score (nSPS) is 22.2. The molecule has 136 valence electrons. The van der Waals surface area contributed by atoms with E-state index >= 15 is 0 Å². The van der Waals surface area contributed by atoms with Crippen molar-refractivity contribution in [2.75, 3.05) is 13.2 Å². The molecule has 1 aliphatic heterocycles. The van der Waals surface area contributed by atoms with Gasteiger partial charge in [-0.15, -0.1) is 0 Å². The Hall–Kier alpha value is -1.77. The largest absolute Gasteiger partial charge is 0.411 e. The predicted molar refractivity (Wildman–Crippen MR) is 80.6 cm³/mol. The van der Waals surface area contributed by atoms with Gasteiger partial charge in [0.25, 0.3) is 5.56 Å². The first-order chi connectivity index (χ1) is 11.1. The molecule has 2 rings (SSSR count). The van der Waals surface area contributed by atoms with Gasteiger partial charge in [-0.2, -0.15) is 13.2 Å². The van der Waals surface area contributed by atoms with Gasteiger partial charge < -0.3 is 9.64 Å². The summed E-state index contributed by atoms with van der Waals surface area (Å²) in [5.41, 5.74) is 0.0138. The summed E-state index contributed by atoms with van der Waals surface area (Å²) < 4.78 is 46.0. The number of aromatic amines is 1. The Morgan fingerprint density at radius 2 is 2.12 bits per heavy atom. The maximum atomic E-state index is 13.2. The molecule has 0 aliphatic carbocycles. The number of aromatic nitrogens is 2. The minimum Gasteiger partial charge on any atom is -0.374 e. The van der Waals surface area contributed by atoms with Gasteiger partial charge in [0.15, 0.2) is 6.04 Å². The summed E-state index contributed by atoms with van der Waals surface area (Å²) in [4.78, 5) is 25.0. The summed E-state index contributed by atoms with van der Waals surface area (Å²) >= 11 is 0. The zero-order valence-corrected chi connectivity index (χ0v) is 13.9. The fourth-order valence-corrected chi connectivity index (χ4v) is 2.89. The molecule has 6 nitrogen and oxygen atoms in total. The number of carbonyl (C=O) groups excluding carboxylic acids is 1. The molecule has 24 heavy (non-hydrogen) atoms. The van der Waals surface area contributed by atoms with Crippen molar-refractivity contribution >= 4 is 5.91 Å². The standard InChI is InChI=1S/C15H22F3N3O3/c1-9(2)8-21-13(23)7-11(19-21)6-12(22)20-4-5-24-10(3)14(20)15(16,17)18/h7,9-10,14,19H,4-6,8H2,1-3H3/t10-,14-/m0/s1. The first kappa shape index (κ1) is 18.6. The van der Waals surface area contributed by atoms with Crippen LogP contribution in [0.2, 0.25) is 0 Å². The molecule has 1 N–H and O–H groups in total. The number of alkyl halides is 3. The molecule has 1 saturated heterocycles. The lowest BCUT2D eigenvalue weighted by Gasteiger charge is -2.40. The fraction of sp³-hybridized carbons (Fsp3) is 0.733. The third-order valence-corrected chi connectivity index (χ3v) is 3.88. The summed E-state index contributed by atoms with van der Waals surface area (Å²) in [6, 6.07) is -0.713. The van der Waals surface area contributed by atoms with E-state index in [2.05, 4.69) is 5.10 Å². The third-order valence-electron chi connectivity index (χ3n) is 3.88. The first-order valence-corrected chi connectivity index (χ1v) is 7.86. The van der Waals surface area contributed by atoms with E-state index in [0.717, 1.165) is 4.90 Å². The Kier molecular flexibility index (Phi) is 5.42. The molecule has 0 unspecified atom stereocenters. The highest BCUT2D eigenvalue weighted by Gasteiger charge is 2.50. The predicted octanol–water partition coefficient (Wildman–Crippen LogP) is 1.55. The summed E-state index contributed by atoms with van der Waals surface area (Å²) in [5.74, 6) is -0.454. The molecule has 1 amide bonds. The second-order valence-corrected chi connectivity index (χ2v) is 6.45. The van der Waals surface area contributed by atoms with Crippen molar-refractivity contribution < 1.29 is 22.7 Å². The van der Waals surface area contributed by atoms with Crippen molar-refractivity contribution in [1.82, 2.24) is 14.7 Å². The maximum Gasteiger partial charge on any atom is 0.411 e. The van der Waals surface area contributed by atoms with Crippen LogP contribution in [0.25, 0.3) is 0 Å². The van der Waals surface area contributed by atoms with E-state index in [1.807, 2.05) is 13.8 Å². The molecule has 0 saturated carbocycles. The van der Waals surface area contributed by atoms with Crippen molar-refractivity contribution in [3.8, 4) is 0 Å². The average molecular weight is 349 g/mol. The Balaban J connectivity index is 2.14. The fourth-order valence-electron chi connectivity index (χ4n) is 2.89. The Morgan fingerprint density at radius 3 is 2.71 bits per heavy atom. The molecule has 2 heterocycles. The number of rotatable bonds is 4. The molecule has 2 atom stereocenters. The Morgan fingerprint density at radius 1 is 1.46 bits per heavy atom. The summed E-state index contributed by atoms with van der Waals surface area (Å²) in [7, 11) is 0. The monoisotopic (exact) mass is 349 g/mol. The summed E-state index contributed by atoms with van der Waals surface area (Å²) in [6.07, 6.45) is -5.96. The number of ether oxygens (including phenoxy) is 1. The van der Waals surface area contributed by atoms with Crippen LogP contribution < -0.4 is 5.56 Å². The van der Waals surface area contributed by atoms with Gasteiger partial charge in [0.05, 0.1) is 19.1 Å². The number of carbonyl (C=O) groups is 1. The van der Waals surface area contributed by atoms with Gasteiger partial charge in [-0.25, -0.2) is 0 Å². The Labute approximate surface area is 137 Å². The molecule has 1 fully saturated rings.